The molecule has 0 bridgehead atoms. The number of nitrogens with zero attached hydrogens (tertiary/aromatic N) is 1. The molecule has 89 heavy (non-hydrogen) atoms. The largest absolute Gasteiger partial charge is 0.416 e. The molecule has 0 saturated heterocycles. The molecule has 3 nitrogen and oxygen atoms in total. The molecule has 28 heteroatoms. The summed E-state index contributed by atoms with van der Waals surface area (Å²) in [5.41, 5.74) is -28.8. The molecule has 1 aromatic heterocycles. The summed E-state index contributed by atoms with van der Waals surface area (Å²) < 4.78 is 343. The number of alkyl halides is 24. The Morgan fingerprint density at radius 2 is 0.551 bits per heavy atom. The molecule has 0 atom stereocenters. The number of carbonyl (C=O) groups excluding carboxylic acids is 2. The van der Waals surface area contributed by atoms with E-state index in [0.29, 0.717) is 12.0 Å². The molecule has 0 spiro atoms. The minimum absolute atomic E-state index is 0.0710. The fourth-order valence-corrected chi connectivity index (χ4v) is 10.1. The molecular formula is C61H54BF24NO2. The van der Waals surface area contributed by atoms with Gasteiger partial charge in [0.25, 0.3) is 0 Å². The van der Waals surface area contributed by atoms with Crippen molar-refractivity contribution in [2.75, 3.05) is 0 Å². The minimum atomic E-state index is -6.13. The minimum Gasteiger partial charge on any atom is -0.294 e. The first-order valence-electron chi connectivity index (χ1n) is 27.4. The van der Waals surface area contributed by atoms with Crippen LogP contribution in [0.4, 0.5) is 105 Å². The second-order valence-electron chi connectivity index (χ2n) is 21.2. The standard InChI is InChI=1S/C32H12BF24.C29H42NO2/c34-25(35,36)13-1-14(26(37,38)39)6-21(5-13)33(22-7-15(27(40,41)42)2-16(8-22)28(43,44)45,23-9-17(29(46,47)48)3-18(10-23)30(49,50)51)24-11-19(31(52,53)54)4-20(12-24)32(55,56)57;1-2-3-4-5-6-7-8-9-10-11-12-13-17-20-28(31)27-21-23-30(24-22-27)25-29(32)26-18-15-14-16-19-26/h1-12H;14-16,18-19,21-24H,2-13,17,20,25H2,1H3/q-1;+1. The van der Waals surface area contributed by atoms with Gasteiger partial charge >= 0.3 is 49.4 Å². The van der Waals surface area contributed by atoms with Gasteiger partial charge in [-0.25, -0.2) is 0 Å². The summed E-state index contributed by atoms with van der Waals surface area (Å²) in [6.07, 6.45) is -33.5. The molecule has 0 aliphatic heterocycles. The highest BCUT2D eigenvalue weighted by molar-refractivity contribution is 7.20. The van der Waals surface area contributed by atoms with Crippen molar-refractivity contribution in [3.63, 3.8) is 0 Å². The van der Waals surface area contributed by atoms with Gasteiger partial charge in [0, 0.05) is 29.7 Å². The van der Waals surface area contributed by atoms with Gasteiger partial charge in [-0.2, -0.15) is 132 Å². The number of hydrogen-bond donors (Lipinski definition) is 0. The van der Waals surface area contributed by atoms with E-state index in [0.717, 1.165) is 18.4 Å². The molecule has 6 aromatic rings. The molecule has 0 radical (unpaired) electrons. The second-order valence-corrected chi connectivity index (χ2v) is 21.2. The monoisotopic (exact) mass is 1300 g/mol. The van der Waals surface area contributed by atoms with Crippen LogP contribution in [0, 0.1) is 0 Å². The van der Waals surface area contributed by atoms with Gasteiger partial charge in [-0.05, 0) is 30.7 Å². The highest BCUT2D eigenvalue weighted by Crippen LogP contribution is 2.42. The van der Waals surface area contributed by atoms with Gasteiger partial charge in [-0.3, -0.25) is 9.59 Å². The Kier molecular flexibility index (Phi) is 23.6. The van der Waals surface area contributed by atoms with Crippen LogP contribution in [-0.4, -0.2) is 17.7 Å². The van der Waals surface area contributed by atoms with E-state index in [1.54, 1.807) is 0 Å². The van der Waals surface area contributed by atoms with E-state index in [1.807, 2.05) is 59.4 Å². The highest BCUT2D eigenvalue weighted by atomic mass is 19.4. The molecule has 0 N–H and O–H groups in total. The average Bonchev–Trinajstić information content (AvgIpc) is 0.712. The van der Waals surface area contributed by atoms with Crippen LogP contribution in [0.5, 0.6) is 0 Å². The number of unbranched alkanes of at least 4 members (excludes halogenated alkanes) is 12. The van der Waals surface area contributed by atoms with Gasteiger partial charge in [-0.1, -0.05) is 163 Å². The molecule has 0 aliphatic rings. The van der Waals surface area contributed by atoms with Gasteiger partial charge in [0.1, 0.15) is 6.15 Å². The first kappa shape index (κ1) is 72.7. The third kappa shape index (κ3) is 20.2. The van der Waals surface area contributed by atoms with Gasteiger partial charge in [0.2, 0.25) is 12.3 Å². The van der Waals surface area contributed by atoms with Crippen molar-refractivity contribution in [3.05, 3.63) is 183 Å². The lowest BCUT2D eigenvalue weighted by atomic mass is 9.12. The smallest absolute Gasteiger partial charge is 0.294 e. The van der Waals surface area contributed by atoms with Crippen molar-refractivity contribution in [2.45, 2.75) is 153 Å². The molecule has 0 fully saturated rings. The maximum atomic E-state index is 14.2. The van der Waals surface area contributed by atoms with Crippen molar-refractivity contribution in [3.8, 4) is 0 Å². The number of benzene rings is 5. The zero-order chi connectivity index (χ0) is 66.8. The summed E-state index contributed by atoms with van der Waals surface area (Å²) in [6, 6.07) is 4.17. The summed E-state index contributed by atoms with van der Waals surface area (Å²) in [6.45, 7) is 2.56. The SMILES string of the molecule is CCCCCCCCCCCCCCCC(=O)c1cc[n+](CC(=O)c2ccccc2)cc1.FC(F)(F)c1cc([B-](c2cc(C(F)(F)F)cc(C(F)(F)F)c2)(c2cc(C(F)(F)F)cc(C(F)(F)F)c2)c2cc(C(F)(F)F)cc(C(F)(F)F)c2)cc(C(F)(F)F)c1. The number of pyridine rings is 1. The summed E-state index contributed by atoms with van der Waals surface area (Å²) in [7, 11) is 0. The predicted octanol–water partition coefficient (Wildman–Crippen LogP) is 18.7. The van der Waals surface area contributed by atoms with Gasteiger partial charge in [0.15, 0.2) is 18.2 Å². The van der Waals surface area contributed by atoms with Crippen LogP contribution in [0.2, 0.25) is 0 Å². The summed E-state index contributed by atoms with van der Waals surface area (Å²) in [4.78, 5) is 24.7. The fourth-order valence-electron chi connectivity index (χ4n) is 10.1. The first-order valence-corrected chi connectivity index (χ1v) is 27.4. The summed E-state index contributed by atoms with van der Waals surface area (Å²) in [5, 5.41) is 0. The molecule has 0 saturated carbocycles. The second kappa shape index (κ2) is 28.9. The zero-order valence-electron chi connectivity index (χ0n) is 46.6. The van der Waals surface area contributed by atoms with Crippen LogP contribution >= 0.6 is 0 Å². The highest BCUT2D eigenvalue weighted by Gasteiger charge is 2.47. The molecule has 0 unspecified atom stereocenters. The van der Waals surface area contributed by atoms with Crippen molar-refractivity contribution in [1.82, 2.24) is 0 Å². The predicted molar refractivity (Wildman–Crippen MR) is 282 cm³/mol. The number of rotatable bonds is 22. The van der Waals surface area contributed by atoms with Crippen LogP contribution in [0.25, 0.3) is 0 Å². The molecule has 486 valence electrons. The number of ketones is 2. The fraction of sp³-hybridized carbons (Fsp3) is 0.393. The first-order chi connectivity index (χ1) is 41.0. The van der Waals surface area contributed by atoms with Crippen LogP contribution in [0.15, 0.2) is 128 Å². The van der Waals surface area contributed by atoms with Gasteiger partial charge < -0.3 is 0 Å². The lowest BCUT2D eigenvalue weighted by Gasteiger charge is -2.46. The van der Waals surface area contributed by atoms with E-state index in [-0.39, 0.29) is 18.1 Å². The quantitative estimate of drug-likeness (QED) is 0.0223. The topological polar surface area (TPSA) is 38.0 Å². The molecule has 5 aromatic carbocycles. The Morgan fingerprint density at radius 1 is 0.315 bits per heavy atom. The summed E-state index contributed by atoms with van der Waals surface area (Å²) >= 11 is 0. The van der Waals surface area contributed by atoms with Crippen molar-refractivity contribution < 1.29 is 120 Å². The third-order valence-electron chi connectivity index (χ3n) is 14.6. The molecule has 6 rings (SSSR count). The third-order valence-corrected chi connectivity index (χ3v) is 14.6. The number of carbonyl (C=O) groups is 2. The van der Waals surface area contributed by atoms with Gasteiger partial charge in [-0.15, -0.1) is 0 Å². The van der Waals surface area contributed by atoms with Crippen molar-refractivity contribution in [2.24, 2.45) is 0 Å². The lowest BCUT2D eigenvalue weighted by molar-refractivity contribution is -0.683. The molecule has 0 aliphatic carbocycles. The maximum Gasteiger partial charge on any atom is 0.416 e. The Bertz CT molecular complexity index is 2880. The normalized spacial score (nSPS) is 13.1. The van der Waals surface area contributed by atoms with Crippen molar-refractivity contribution in [1.29, 1.82) is 0 Å². The van der Waals surface area contributed by atoms with E-state index < -0.39 is 195 Å². The van der Waals surface area contributed by atoms with Gasteiger partial charge in [0.05, 0.1) is 44.5 Å². The van der Waals surface area contributed by atoms with Crippen molar-refractivity contribution >= 4 is 39.6 Å². The van der Waals surface area contributed by atoms with Crippen LogP contribution < -0.4 is 26.4 Å². The van der Waals surface area contributed by atoms with Crippen LogP contribution in [0.3, 0.4) is 0 Å². The van der Waals surface area contributed by atoms with Crippen LogP contribution in [-0.2, 0) is 56.0 Å². The molecule has 1 heterocycles. The Labute approximate surface area is 494 Å². The van der Waals surface area contributed by atoms with E-state index in [4.69, 9.17) is 0 Å². The number of hydrogen-bond acceptors (Lipinski definition) is 2. The molecular weight excluding hydrogens is 1250 g/mol. The van der Waals surface area contributed by atoms with Crippen LogP contribution in [0.1, 0.15) is 162 Å². The Balaban J connectivity index is 0.000000380. The zero-order valence-corrected chi connectivity index (χ0v) is 46.6. The van der Waals surface area contributed by atoms with E-state index in [9.17, 15) is 115 Å². The summed E-state index contributed by atoms with van der Waals surface area (Å²) in [5.74, 6) is 0.274. The van der Waals surface area contributed by atoms with E-state index >= 15 is 0 Å². The number of halogens is 24. The average molecular weight is 1300 g/mol. The van der Waals surface area contributed by atoms with E-state index in [2.05, 4.69) is 6.92 Å². The number of Topliss-reactive ketones (excluding diaryl/α,β-unsaturated/α-hetero) is 2. The van der Waals surface area contributed by atoms with E-state index in [1.165, 1.54) is 70.6 Å². The number of aromatic nitrogens is 1. The Morgan fingerprint density at radius 3 is 0.798 bits per heavy atom. The lowest BCUT2D eigenvalue weighted by Crippen LogP contribution is -2.75. The maximum absolute atomic E-state index is 14.2. The Hall–Kier alpha value is -7.03. The molecule has 0 amide bonds.